The van der Waals surface area contributed by atoms with E-state index < -0.39 is 0 Å². The molecule has 1 heterocycles. The van der Waals surface area contributed by atoms with Crippen LogP contribution in [0.25, 0.3) is 0 Å². The number of rotatable bonds is 7. The number of unbranched alkanes of at least 4 members (excludes halogenated alkanes) is 1. The van der Waals surface area contributed by atoms with Crippen LogP contribution in [-0.2, 0) is 0 Å². The van der Waals surface area contributed by atoms with Gasteiger partial charge in [0, 0.05) is 38.8 Å². The zero-order valence-electron chi connectivity index (χ0n) is 14.9. The van der Waals surface area contributed by atoms with E-state index in [1.54, 1.807) is 0 Å². The lowest BCUT2D eigenvalue weighted by Gasteiger charge is -2.36. The van der Waals surface area contributed by atoms with Crippen LogP contribution in [0, 0.1) is 0 Å². The molecule has 0 atom stereocenters. The van der Waals surface area contributed by atoms with Crippen molar-refractivity contribution in [2.75, 3.05) is 38.7 Å². The Bertz CT molecular complexity index is 327. The Hall–Kier alpha value is 0.310. The van der Waals surface area contributed by atoms with E-state index in [1.807, 2.05) is 18.8 Å². The number of thioether (sulfide) groups is 1. The Kier molecular flexibility index (Phi) is 11.7. The summed E-state index contributed by atoms with van der Waals surface area (Å²) in [5.74, 6) is 2.25. The predicted octanol–water partition coefficient (Wildman–Crippen LogP) is 3.32. The zero-order valence-corrected chi connectivity index (χ0v) is 18.0. The van der Waals surface area contributed by atoms with Gasteiger partial charge in [0.1, 0.15) is 0 Å². The fraction of sp³-hybridized carbons (Fsp3) is 0.941. The highest BCUT2D eigenvalue weighted by molar-refractivity contribution is 14.0. The number of hydrogen-bond acceptors (Lipinski definition) is 3. The van der Waals surface area contributed by atoms with E-state index in [0.29, 0.717) is 6.04 Å². The van der Waals surface area contributed by atoms with Gasteiger partial charge in [-0.1, -0.05) is 12.8 Å². The molecule has 136 valence electrons. The number of aliphatic imine (C=N–C) groups is 1. The largest absolute Gasteiger partial charge is 0.356 e. The molecule has 0 amide bonds. The van der Waals surface area contributed by atoms with Crippen molar-refractivity contribution in [1.29, 1.82) is 0 Å². The van der Waals surface area contributed by atoms with Crippen molar-refractivity contribution in [2.24, 2.45) is 4.99 Å². The fourth-order valence-corrected chi connectivity index (χ4v) is 4.14. The number of halogens is 1. The number of hydrogen-bond donors (Lipinski definition) is 2. The Morgan fingerprint density at radius 2 is 1.83 bits per heavy atom. The van der Waals surface area contributed by atoms with E-state index in [2.05, 4.69) is 26.8 Å². The molecule has 0 radical (unpaired) electrons. The maximum atomic E-state index is 4.37. The molecule has 1 aliphatic carbocycles. The summed E-state index contributed by atoms with van der Waals surface area (Å²) >= 11 is 1.93. The lowest BCUT2D eigenvalue weighted by molar-refractivity contribution is 0.150. The molecule has 2 N–H and O–H groups in total. The van der Waals surface area contributed by atoms with Gasteiger partial charge in [0.2, 0.25) is 0 Å². The highest BCUT2D eigenvalue weighted by Crippen LogP contribution is 2.26. The lowest BCUT2D eigenvalue weighted by atomic mass is 10.0. The third-order valence-electron chi connectivity index (χ3n) is 5.00. The standard InChI is InChI=1S/C17H34N4S.HI/c1-18-17(19-11-5-6-14-22-2)20-15-9-12-21(13-10-15)16-7-3-4-8-16;/h15-16H,3-14H2,1-2H3,(H2,18,19,20);1H. The molecule has 0 aromatic carbocycles. The average Bonchev–Trinajstić information content (AvgIpc) is 3.08. The van der Waals surface area contributed by atoms with E-state index in [4.69, 9.17) is 0 Å². The molecule has 2 rings (SSSR count). The molecule has 0 spiro atoms. The maximum Gasteiger partial charge on any atom is 0.191 e. The smallest absolute Gasteiger partial charge is 0.191 e. The predicted molar refractivity (Wildman–Crippen MR) is 114 cm³/mol. The second-order valence-corrected chi connectivity index (χ2v) is 7.58. The van der Waals surface area contributed by atoms with Crippen molar-refractivity contribution in [3.63, 3.8) is 0 Å². The number of nitrogens with one attached hydrogen (secondary N) is 2. The van der Waals surface area contributed by atoms with E-state index in [1.165, 1.54) is 70.2 Å². The Labute approximate surface area is 164 Å². The van der Waals surface area contributed by atoms with Crippen molar-refractivity contribution in [1.82, 2.24) is 15.5 Å². The van der Waals surface area contributed by atoms with Crippen LogP contribution in [0.3, 0.4) is 0 Å². The van der Waals surface area contributed by atoms with Crippen LogP contribution in [0.5, 0.6) is 0 Å². The first-order valence-corrected chi connectivity index (χ1v) is 10.4. The van der Waals surface area contributed by atoms with Gasteiger partial charge in [0.25, 0.3) is 0 Å². The van der Waals surface area contributed by atoms with Gasteiger partial charge in [-0.05, 0) is 50.5 Å². The second kappa shape index (κ2) is 12.6. The SMILES string of the molecule is CN=C(NCCCCSC)NC1CCN(C2CCCC2)CC1.I. The van der Waals surface area contributed by atoms with Gasteiger partial charge in [-0.25, -0.2) is 0 Å². The van der Waals surface area contributed by atoms with Crippen LogP contribution in [0.2, 0.25) is 0 Å². The minimum Gasteiger partial charge on any atom is -0.356 e. The van der Waals surface area contributed by atoms with Crippen LogP contribution in [-0.4, -0.2) is 61.6 Å². The molecule has 4 nitrogen and oxygen atoms in total. The van der Waals surface area contributed by atoms with Crippen LogP contribution in [0.4, 0.5) is 0 Å². The lowest BCUT2D eigenvalue weighted by Crippen LogP contribution is -2.50. The summed E-state index contributed by atoms with van der Waals surface area (Å²) in [5.41, 5.74) is 0. The van der Waals surface area contributed by atoms with Crippen LogP contribution in [0.15, 0.2) is 4.99 Å². The van der Waals surface area contributed by atoms with E-state index >= 15 is 0 Å². The first kappa shape index (κ1) is 21.4. The molecule has 0 bridgehead atoms. The Morgan fingerprint density at radius 1 is 1.13 bits per heavy atom. The maximum absolute atomic E-state index is 4.37. The Balaban J connectivity index is 0.00000264. The first-order valence-electron chi connectivity index (χ1n) is 9.03. The fourth-order valence-electron chi connectivity index (χ4n) is 3.64. The molecular formula is C17H35IN4S. The average molecular weight is 454 g/mol. The summed E-state index contributed by atoms with van der Waals surface area (Å²) in [6.07, 6.45) is 12.9. The van der Waals surface area contributed by atoms with Gasteiger partial charge in [-0.15, -0.1) is 24.0 Å². The molecule has 0 unspecified atom stereocenters. The van der Waals surface area contributed by atoms with Crippen molar-refractivity contribution < 1.29 is 0 Å². The summed E-state index contributed by atoms with van der Waals surface area (Å²) in [6, 6.07) is 1.48. The van der Waals surface area contributed by atoms with Crippen molar-refractivity contribution in [3.8, 4) is 0 Å². The Morgan fingerprint density at radius 3 is 2.43 bits per heavy atom. The van der Waals surface area contributed by atoms with Gasteiger partial charge in [-0.3, -0.25) is 4.99 Å². The zero-order chi connectivity index (χ0) is 15.6. The summed E-state index contributed by atoms with van der Waals surface area (Å²) in [7, 11) is 1.88. The van der Waals surface area contributed by atoms with Crippen LogP contribution < -0.4 is 10.6 Å². The highest BCUT2D eigenvalue weighted by Gasteiger charge is 2.27. The van der Waals surface area contributed by atoms with Crippen LogP contribution in [0.1, 0.15) is 51.4 Å². The number of nitrogens with zero attached hydrogens (tertiary/aromatic N) is 2. The third kappa shape index (κ3) is 7.82. The third-order valence-corrected chi connectivity index (χ3v) is 5.70. The molecular weight excluding hydrogens is 419 g/mol. The topological polar surface area (TPSA) is 39.7 Å². The molecule has 0 aromatic rings. The highest BCUT2D eigenvalue weighted by atomic mass is 127. The molecule has 23 heavy (non-hydrogen) atoms. The number of piperidine rings is 1. The molecule has 1 saturated carbocycles. The first-order chi connectivity index (χ1) is 10.8. The van der Waals surface area contributed by atoms with Gasteiger partial charge in [0.15, 0.2) is 5.96 Å². The normalized spacial score (nSPS) is 21.2. The minimum absolute atomic E-state index is 0. The van der Waals surface area contributed by atoms with Gasteiger partial charge in [0.05, 0.1) is 0 Å². The number of likely N-dealkylation sites (tertiary alicyclic amines) is 1. The second-order valence-electron chi connectivity index (χ2n) is 6.59. The summed E-state index contributed by atoms with van der Waals surface area (Å²) in [4.78, 5) is 7.10. The van der Waals surface area contributed by atoms with E-state index in [0.717, 1.165) is 18.5 Å². The summed E-state index contributed by atoms with van der Waals surface area (Å²) in [6.45, 7) is 3.54. The molecule has 1 saturated heterocycles. The van der Waals surface area contributed by atoms with Crippen molar-refractivity contribution in [3.05, 3.63) is 0 Å². The summed E-state index contributed by atoms with van der Waals surface area (Å²) < 4.78 is 0. The summed E-state index contributed by atoms with van der Waals surface area (Å²) in [5, 5.41) is 7.07. The molecule has 0 aromatic heterocycles. The molecule has 6 heteroatoms. The van der Waals surface area contributed by atoms with Gasteiger partial charge < -0.3 is 15.5 Å². The molecule has 2 fully saturated rings. The van der Waals surface area contributed by atoms with E-state index in [9.17, 15) is 0 Å². The molecule has 2 aliphatic rings. The van der Waals surface area contributed by atoms with Crippen molar-refractivity contribution >= 4 is 41.7 Å². The van der Waals surface area contributed by atoms with E-state index in [-0.39, 0.29) is 24.0 Å². The van der Waals surface area contributed by atoms with Gasteiger partial charge >= 0.3 is 0 Å². The minimum atomic E-state index is 0. The quantitative estimate of drug-likeness (QED) is 0.268. The monoisotopic (exact) mass is 454 g/mol. The van der Waals surface area contributed by atoms with Crippen molar-refractivity contribution in [2.45, 2.75) is 63.5 Å². The van der Waals surface area contributed by atoms with Gasteiger partial charge in [-0.2, -0.15) is 11.8 Å². The number of guanidine groups is 1. The van der Waals surface area contributed by atoms with Crippen LogP contribution >= 0.6 is 35.7 Å². The molecule has 1 aliphatic heterocycles.